The van der Waals surface area contributed by atoms with E-state index in [1.54, 1.807) is 28.6 Å². The number of sulfonamides is 1. The van der Waals surface area contributed by atoms with E-state index in [2.05, 4.69) is 16.6 Å². The maximum atomic E-state index is 13.8. The zero-order valence-electron chi connectivity index (χ0n) is 21.6. The summed E-state index contributed by atoms with van der Waals surface area (Å²) in [6, 6.07) is 19.1. The van der Waals surface area contributed by atoms with Crippen molar-refractivity contribution in [3.8, 4) is 0 Å². The Bertz CT molecular complexity index is 1500. The molecule has 4 aromatic rings. The summed E-state index contributed by atoms with van der Waals surface area (Å²) in [5.41, 5.74) is 3.91. The van der Waals surface area contributed by atoms with Crippen molar-refractivity contribution in [2.45, 2.75) is 55.3 Å². The van der Waals surface area contributed by atoms with Crippen LogP contribution in [0.1, 0.15) is 60.7 Å². The normalized spacial score (nSPS) is 16.1. The molecule has 1 amide bonds. The van der Waals surface area contributed by atoms with Crippen LogP contribution in [-0.4, -0.2) is 23.9 Å². The van der Waals surface area contributed by atoms with Crippen molar-refractivity contribution in [3.63, 3.8) is 0 Å². The van der Waals surface area contributed by atoms with Gasteiger partial charge in [0.15, 0.2) is 0 Å². The van der Waals surface area contributed by atoms with Gasteiger partial charge in [-0.05, 0) is 65.4 Å². The fourth-order valence-corrected chi connectivity index (χ4v) is 7.28. The van der Waals surface area contributed by atoms with E-state index in [1.807, 2.05) is 66.3 Å². The van der Waals surface area contributed by atoms with Gasteiger partial charge in [-0.2, -0.15) is 0 Å². The van der Waals surface area contributed by atoms with Crippen molar-refractivity contribution < 1.29 is 13.2 Å². The van der Waals surface area contributed by atoms with E-state index in [-0.39, 0.29) is 17.9 Å². The number of amides is 1. The second kappa shape index (κ2) is 11.2. The number of rotatable bonds is 9. The molecule has 1 N–H and O–H groups in total. The van der Waals surface area contributed by atoms with E-state index in [0.29, 0.717) is 23.6 Å². The lowest BCUT2D eigenvalue weighted by atomic mass is 9.87. The molecule has 5 rings (SSSR count). The van der Waals surface area contributed by atoms with Crippen LogP contribution in [-0.2, 0) is 34.8 Å². The molecule has 0 fully saturated rings. The third-order valence-corrected chi connectivity index (χ3v) is 10.1. The first kappa shape index (κ1) is 26.3. The highest BCUT2D eigenvalue weighted by molar-refractivity contribution is 7.91. The number of aromatic nitrogens is 2. The van der Waals surface area contributed by atoms with E-state index in [1.165, 1.54) is 11.3 Å². The number of hydrogen-bond acceptors (Lipinski definition) is 5. The number of imidazole rings is 1. The number of carbonyl (C=O) groups excluding carboxylic acids is 1. The first-order valence-electron chi connectivity index (χ1n) is 12.8. The molecule has 1 aliphatic rings. The van der Waals surface area contributed by atoms with Gasteiger partial charge in [0, 0.05) is 37.6 Å². The fourth-order valence-electron chi connectivity index (χ4n) is 5.02. The number of fused-ring (bicyclic) bond motifs is 1. The molecule has 2 aromatic heterocycles. The minimum absolute atomic E-state index is 0.00386. The third kappa shape index (κ3) is 5.75. The largest absolute Gasteiger partial charge is 0.337 e. The van der Waals surface area contributed by atoms with Gasteiger partial charge in [0.1, 0.15) is 10.0 Å². The molecule has 0 aliphatic heterocycles. The lowest BCUT2D eigenvalue weighted by Gasteiger charge is -2.30. The smallest absolute Gasteiger partial charge is 0.250 e. The molecule has 1 aliphatic carbocycles. The minimum atomic E-state index is -3.63. The lowest BCUT2D eigenvalue weighted by Crippen LogP contribution is -2.34. The Morgan fingerprint density at radius 1 is 1.18 bits per heavy atom. The van der Waals surface area contributed by atoms with Crippen LogP contribution in [0, 0.1) is 0 Å². The van der Waals surface area contributed by atoms with Crippen LogP contribution < -0.4 is 9.62 Å². The van der Waals surface area contributed by atoms with Gasteiger partial charge in [-0.25, -0.2) is 18.1 Å². The first-order chi connectivity index (χ1) is 18.3. The molecule has 0 spiro atoms. The Hall–Kier alpha value is -3.27. The molecule has 0 bridgehead atoms. The van der Waals surface area contributed by atoms with E-state index < -0.39 is 10.0 Å². The molecular formula is C29H32N4O3S2. The van der Waals surface area contributed by atoms with Gasteiger partial charge in [-0.1, -0.05) is 49.4 Å². The Balaban J connectivity index is 1.46. The first-order valence-corrected chi connectivity index (χ1v) is 15.2. The maximum Gasteiger partial charge on any atom is 0.250 e. The number of nitrogens with one attached hydrogen (secondary N) is 1. The summed E-state index contributed by atoms with van der Waals surface area (Å²) in [6.07, 6.45) is 6.43. The number of nitrogens with zero attached hydrogens (tertiary/aromatic N) is 3. The SMILES string of the molecule is C[C@@H](CC(=O)N(Cc1nccn1C)c1ccc2c(c1)[C@@H](NS(=O)(=O)c1cccs1)CCC2)c1ccccc1. The zero-order chi connectivity index (χ0) is 26.7. The van der Waals surface area contributed by atoms with Gasteiger partial charge < -0.3 is 9.47 Å². The lowest BCUT2D eigenvalue weighted by molar-refractivity contribution is -0.119. The van der Waals surface area contributed by atoms with Crippen LogP contribution >= 0.6 is 11.3 Å². The highest BCUT2D eigenvalue weighted by Gasteiger charge is 2.28. The molecule has 198 valence electrons. The summed E-state index contributed by atoms with van der Waals surface area (Å²) in [7, 11) is -1.71. The van der Waals surface area contributed by atoms with Gasteiger partial charge in [-0.3, -0.25) is 4.79 Å². The number of aryl methyl sites for hydroxylation is 2. The van der Waals surface area contributed by atoms with Crippen LogP contribution in [0.5, 0.6) is 0 Å². The van der Waals surface area contributed by atoms with Crippen molar-refractivity contribution in [1.82, 2.24) is 14.3 Å². The third-order valence-electron chi connectivity index (χ3n) is 7.18. The van der Waals surface area contributed by atoms with E-state index in [9.17, 15) is 13.2 Å². The Morgan fingerprint density at radius 2 is 2.00 bits per heavy atom. The van der Waals surface area contributed by atoms with Gasteiger partial charge in [0.05, 0.1) is 6.54 Å². The van der Waals surface area contributed by atoms with E-state index in [0.717, 1.165) is 41.0 Å². The summed E-state index contributed by atoms with van der Waals surface area (Å²) >= 11 is 1.21. The van der Waals surface area contributed by atoms with Crippen LogP contribution in [0.15, 0.2) is 82.6 Å². The van der Waals surface area contributed by atoms with E-state index in [4.69, 9.17) is 0 Å². The molecule has 2 aromatic carbocycles. The summed E-state index contributed by atoms with van der Waals surface area (Å²) in [4.78, 5) is 20.0. The van der Waals surface area contributed by atoms with Crippen LogP contribution in [0.2, 0.25) is 0 Å². The standard InChI is InChI=1S/C29H32N4O3S2/c1-21(22-8-4-3-5-9-22)18-28(34)33(20-27-30-15-16-32(27)2)24-14-13-23-10-6-11-26(25(23)19-24)31-38(35,36)29-12-7-17-37-29/h3-5,7-9,12-17,19,21,26,31H,6,10-11,18,20H2,1-2H3/t21-,26-/m0/s1. The summed E-state index contributed by atoms with van der Waals surface area (Å²) in [5, 5.41) is 1.76. The minimum Gasteiger partial charge on any atom is -0.337 e. The number of anilines is 1. The van der Waals surface area contributed by atoms with Gasteiger partial charge in [0.25, 0.3) is 10.0 Å². The molecule has 9 heteroatoms. The molecule has 2 heterocycles. The summed E-state index contributed by atoms with van der Waals surface area (Å²) < 4.78 is 31.2. The predicted octanol–water partition coefficient (Wildman–Crippen LogP) is 5.56. The molecule has 7 nitrogen and oxygen atoms in total. The molecular weight excluding hydrogens is 516 g/mol. The highest BCUT2D eigenvalue weighted by atomic mass is 32.2. The quantitative estimate of drug-likeness (QED) is 0.297. The topological polar surface area (TPSA) is 84.3 Å². The average Bonchev–Trinajstić information content (AvgIpc) is 3.60. The summed E-state index contributed by atoms with van der Waals surface area (Å²) in [6.45, 7) is 2.39. The van der Waals surface area contributed by atoms with Crippen molar-refractivity contribution in [2.75, 3.05) is 4.90 Å². The van der Waals surface area contributed by atoms with Gasteiger partial charge in [-0.15, -0.1) is 11.3 Å². The molecule has 0 unspecified atom stereocenters. The molecule has 0 saturated carbocycles. The average molecular weight is 549 g/mol. The van der Waals surface area contributed by atoms with Crippen molar-refractivity contribution >= 4 is 33.0 Å². The molecule has 2 atom stereocenters. The van der Waals surface area contributed by atoms with Gasteiger partial charge >= 0.3 is 0 Å². The Kier molecular flexibility index (Phi) is 7.78. The Labute approximate surface area is 228 Å². The predicted molar refractivity (Wildman–Crippen MR) is 151 cm³/mol. The maximum absolute atomic E-state index is 13.8. The van der Waals surface area contributed by atoms with Crippen molar-refractivity contribution in [2.24, 2.45) is 7.05 Å². The van der Waals surface area contributed by atoms with Gasteiger partial charge in [0.2, 0.25) is 5.91 Å². The Morgan fingerprint density at radius 3 is 2.71 bits per heavy atom. The van der Waals surface area contributed by atoms with Crippen molar-refractivity contribution in [3.05, 3.63) is 101 Å². The van der Waals surface area contributed by atoms with Crippen molar-refractivity contribution in [1.29, 1.82) is 0 Å². The molecule has 0 radical (unpaired) electrons. The number of carbonyl (C=O) groups is 1. The molecule has 38 heavy (non-hydrogen) atoms. The van der Waals surface area contributed by atoms with Crippen LogP contribution in [0.4, 0.5) is 5.69 Å². The van der Waals surface area contributed by atoms with Crippen LogP contribution in [0.25, 0.3) is 0 Å². The van der Waals surface area contributed by atoms with Crippen LogP contribution in [0.3, 0.4) is 0 Å². The fraction of sp³-hybridized carbons (Fsp3) is 0.310. The number of benzene rings is 2. The number of thiophene rings is 1. The second-order valence-electron chi connectivity index (χ2n) is 9.83. The summed E-state index contributed by atoms with van der Waals surface area (Å²) in [5.74, 6) is 0.824. The van der Waals surface area contributed by atoms with E-state index >= 15 is 0 Å². The number of hydrogen-bond donors (Lipinski definition) is 1. The zero-order valence-corrected chi connectivity index (χ0v) is 23.2. The molecule has 0 saturated heterocycles. The second-order valence-corrected chi connectivity index (χ2v) is 12.7. The highest BCUT2D eigenvalue weighted by Crippen LogP contribution is 2.35. The monoisotopic (exact) mass is 548 g/mol.